The number of nitro benzene ring substituents is 1. The number of carbonyl (C=O) groups is 1. The Kier molecular flexibility index (Phi) is 8.85. The van der Waals surface area contributed by atoms with Crippen LogP contribution in [0.15, 0.2) is 104 Å². The maximum Gasteiger partial charge on any atom is 0.416 e. The lowest BCUT2D eigenvalue weighted by Gasteiger charge is -2.09. The van der Waals surface area contributed by atoms with Crippen LogP contribution in [0.3, 0.4) is 0 Å². The van der Waals surface area contributed by atoms with Crippen molar-refractivity contribution in [2.24, 2.45) is 4.99 Å². The number of thiazole rings is 1. The van der Waals surface area contributed by atoms with Crippen LogP contribution in [0, 0.1) is 10.1 Å². The summed E-state index contributed by atoms with van der Waals surface area (Å²) in [5.41, 5.74) is 1.04. The average Bonchev–Trinajstić information content (AvgIpc) is 3.38. The fourth-order valence-corrected chi connectivity index (χ4v) is 6.41. The number of alkyl halides is 3. The van der Waals surface area contributed by atoms with Crippen molar-refractivity contribution in [1.29, 1.82) is 0 Å². The van der Waals surface area contributed by atoms with Crippen LogP contribution in [-0.4, -0.2) is 32.8 Å². The van der Waals surface area contributed by atoms with Crippen molar-refractivity contribution in [2.45, 2.75) is 20.4 Å². The summed E-state index contributed by atoms with van der Waals surface area (Å²) in [6, 6.07) is 20.0. The van der Waals surface area contributed by atoms with E-state index in [9.17, 15) is 28.1 Å². The van der Waals surface area contributed by atoms with Gasteiger partial charge in [0.1, 0.15) is 5.03 Å². The SMILES string of the molecule is O=C(CSc1nc2ccc(N=Cc3ccc(Sc4ccccn4)c([N+](=O)[O-])c3)cc2s1)Nc1cccc(C(F)(F)F)c1. The number of thioether (sulfide) groups is 1. The molecule has 0 fully saturated rings. The maximum absolute atomic E-state index is 12.9. The third-order valence-electron chi connectivity index (χ3n) is 5.55. The van der Waals surface area contributed by atoms with Crippen LogP contribution in [0.2, 0.25) is 0 Å². The first-order valence-corrected chi connectivity index (χ1v) is 14.7. The van der Waals surface area contributed by atoms with Gasteiger partial charge in [-0.2, -0.15) is 13.2 Å². The lowest BCUT2D eigenvalue weighted by atomic mass is 10.2. The Hall–Kier alpha value is -4.27. The fourth-order valence-electron chi connectivity index (χ4n) is 3.64. The third-order valence-corrected chi connectivity index (χ3v) is 8.72. The van der Waals surface area contributed by atoms with E-state index in [1.54, 1.807) is 42.6 Å². The lowest BCUT2D eigenvalue weighted by Crippen LogP contribution is -2.14. The van der Waals surface area contributed by atoms with Gasteiger partial charge in [0.25, 0.3) is 5.69 Å². The van der Waals surface area contributed by atoms with E-state index in [1.165, 1.54) is 59.3 Å². The summed E-state index contributed by atoms with van der Waals surface area (Å²) in [4.78, 5) is 37.2. The van der Waals surface area contributed by atoms with Crippen molar-refractivity contribution in [1.82, 2.24) is 9.97 Å². The zero-order valence-electron chi connectivity index (χ0n) is 21.2. The average molecular weight is 626 g/mol. The molecule has 2 heterocycles. The molecule has 212 valence electrons. The second kappa shape index (κ2) is 12.7. The molecule has 0 aliphatic rings. The molecule has 5 rings (SSSR count). The topological polar surface area (TPSA) is 110 Å². The van der Waals surface area contributed by atoms with Crippen molar-refractivity contribution in [3.63, 3.8) is 0 Å². The molecule has 2 aromatic heterocycles. The first-order valence-electron chi connectivity index (χ1n) is 12.1. The molecule has 0 aliphatic heterocycles. The normalized spacial score (nSPS) is 11.7. The van der Waals surface area contributed by atoms with Gasteiger partial charge < -0.3 is 5.32 Å². The molecule has 0 spiro atoms. The van der Waals surface area contributed by atoms with Crippen LogP contribution < -0.4 is 5.32 Å². The van der Waals surface area contributed by atoms with Gasteiger partial charge >= 0.3 is 6.18 Å². The highest BCUT2D eigenvalue weighted by Gasteiger charge is 2.30. The van der Waals surface area contributed by atoms with Gasteiger partial charge in [0.05, 0.1) is 37.0 Å². The molecule has 14 heteroatoms. The number of aliphatic imine (C=N–C) groups is 1. The van der Waals surface area contributed by atoms with Gasteiger partial charge in [0, 0.05) is 24.2 Å². The summed E-state index contributed by atoms with van der Waals surface area (Å²) in [6.45, 7) is 0. The molecule has 0 saturated carbocycles. The molecule has 42 heavy (non-hydrogen) atoms. The number of benzene rings is 3. The number of carbonyl (C=O) groups excluding carboxylic acids is 1. The highest BCUT2D eigenvalue weighted by molar-refractivity contribution is 8.01. The molecule has 3 aromatic carbocycles. The van der Waals surface area contributed by atoms with Crippen molar-refractivity contribution >= 4 is 74.3 Å². The minimum absolute atomic E-state index is 0.0333. The van der Waals surface area contributed by atoms with Crippen molar-refractivity contribution in [3.8, 4) is 0 Å². The number of anilines is 1. The minimum atomic E-state index is -4.50. The number of halogens is 3. The molecular formula is C28H18F3N5O3S3. The third kappa shape index (κ3) is 7.51. The summed E-state index contributed by atoms with van der Waals surface area (Å²) in [5, 5.41) is 14.8. The molecule has 0 saturated heterocycles. The van der Waals surface area contributed by atoms with Crippen molar-refractivity contribution in [3.05, 3.63) is 106 Å². The predicted octanol–water partition coefficient (Wildman–Crippen LogP) is 8.25. The number of nitrogens with one attached hydrogen (secondary N) is 1. The van der Waals surface area contributed by atoms with Crippen LogP contribution in [-0.2, 0) is 11.0 Å². The molecule has 8 nitrogen and oxygen atoms in total. The van der Waals surface area contributed by atoms with Gasteiger partial charge in [-0.1, -0.05) is 41.7 Å². The zero-order valence-corrected chi connectivity index (χ0v) is 23.7. The fraction of sp³-hybridized carbons (Fsp3) is 0.0714. The lowest BCUT2D eigenvalue weighted by molar-refractivity contribution is -0.387. The number of nitro groups is 1. The summed E-state index contributed by atoms with van der Waals surface area (Å²) < 4.78 is 40.2. The number of rotatable bonds is 9. The molecule has 1 N–H and O–H groups in total. The van der Waals surface area contributed by atoms with Gasteiger partial charge in [-0.05, 0) is 60.2 Å². The Morgan fingerprint density at radius 2 is 1.93 bits per heavy atom. The maximum atomic E-state index is 12.9. The van der Waals surface area contributed by atoms with Crippen LogP contribution in [0.5, 0.6) is 0 Å². The smallest absolute Gasteiger partial charge is 0.325 e. The Balaban J connectivity index is 1.23. The molecule has 0 aliphatic carbocycles. The summed E-state index contributed by atoms with van der Waals surface area (Å²) in [6.07, 6.45) is -1.34. The van der Waals surface area contributed by atoms with Gasteiger partial charge in [0.2, 0.25) is 5.91 Å². The molecule has 0 bridgehead atoms. The number of amides is 1. The van der Waals surface area contributed by atoms with E-state index in [4.69, 9.17) is 0 Å². The second-order valence-corrected chi connectivity index (χ2v) is 11.9. The molecule has 1 amide bonds. The molecule has 0 atom stereocenters. The number of hydrogen-bond donors (Lipinski definition) is 1. The predicted molar refractivity (Wildman–Crippen MR) is 159 cm³/mol. The second-order valence-electron chi connectivity index (χ2n) is 8.56. The van der Waals surface area contributed by atoms with E-state index in [0.29, 0.717) is 31.0 Å². The minimum Gasteiger partial charge on any atom is -0.325 e. The van der Waals surface area contributed by atoms with E-state index in [0.717, 1.165) is 16.8 Å². The molecule has 0 unspecified atom stereocenters. The number of pyridine rings is 1. The number of aromatic nitrogens is 2. The Labute approximate surface area is 249 Å². The van der Waals surface area contributed by atoms with Crippen molar-refractivity contribution < 1.29 is 22.9 Å². The highest BCUT2D eigenvalue weighted by atomic mass is 32.2. The zero-order chi connectivity index (χ0) is 29.7. The van der Waals surface area contributed by atoms with E-state index >= 15 is 0 Å². The van der Waals surface area contributed by atoms with Crippen LogP contribution >= 0.6 is 34.9 Å². The number of nitrogens with zero attached hydrogens (tertiary/aromatic N) is 4. The van der Waals surface area contributed by atoms with Gasteiger partial charge in [-0.15, -0.1) is 11.3 Å². The standard InChI is InChI=1S/C28H18F3N5O3S3/c29-28(30,31)18-4-3-5-20(13-18)34-25(37)16-40-27-35-21-9-8-19(14-24(21)42-27)33-15-17-7-10-23(22(12-17)36(38)39)41-26-6-1-2-11-32-26/h1-15H,16H2,(H,34,37). The first kappa shape index (κ1) is 29.2. The summed E-state index contributed by atoms with van der Waals surface area (Å²) in [5.74, 6) is -0.489. The van der Waals surface area contributed by atoms with Gasteiger partial charge in [-0.3, -0.25) is 19.9 Å². The van der Waals surface area contributed by atoms with Crippen LogP contribution in [0.1, 0.15) is 11.1 Å². The van der Waals surface area contributed by atoms with E-state index in [2.05, 4.69) is 20.3 Å². The van der Waals surface area contributed by atoms with E-state index in [-0.39, 0.29) is 17.1 Å². The van der Waals surface area contributed by atoms with E-state index in [1.807, 2.05) is 12.1 Å². The van der Waals surface area contributed by atoms with Gasteiger partial charge in [-0.25, -0.2) is 9.97 Å². The Morgan fingerprint density at radius 3 is 2.69 bits per heavy atom. The summed E-state index contributed by atoms with van der Waals surface area (Å²) >= 11 is 3.72. The van der Waals surface area contributed by atoms with Crippen molar-refractivity contribution in [2.75, 3.05) is 11.1 Å². The Morgan fingerprint density at radius 1 is 1.07 bits per heavy atom. The number of hydrogen-bond acceptors (Lipinski definition) is 9. The van der Waals surface area contributed by atoms with Crippen LogP contribution in [0.4, 0.5) is 30.2 Å². The highest BCUT2D eigenvalue weighted by Crippen LogP contribution is 2.35. The quantitative estimate of drug-likeness (QED) is 0.0760. The monoisotopic (exact) mass is 625 g/mol. The molecule has 5 aromatic rings. The van der Waals surface area contributed by atoms with Gasteiger partial charge in [0.15, 0.2) is 4.34 Å². The largest absolute Gasteiger partial charge is 0.416 e. The summed E-state index contributed by atoms with van der Waals surface area (Å²) in [7, 11) is 0. The molecule has 0 radical (unpaired) electrons. The molecular weight excluding hydrogens is 608 g/mol. The van der Waals surface area contributed by atoms with Crippen LogP contribution in [0.25, 0.3) is 10.2 Å². The number of fused-ring (bicyclic) bond motifs is 1. The first-order chi connectivity index (χ1) is 20.1. The van der Waals surface area contributed by atoms with E-state index < -0.39 is 22.6 Å². The Bertz CT molecular complexity index is 1800.